The zero-order valence-corrected chi connectivity index (χ0v) is 13.2. The van der Waals surface area contributed by atoms with Crippen LogP contribution in [0.2, 0.25) is 0 Å². The quantitative estimate of drug-likeness (QED) is 0.221. The summed E-state index contributed by atoms with van der Waals surface area (Å²) in [6.07, 6.45) is 13.0. The molecule has 0 unspecified atom stereocenters. The van der Waals surface area contributed by atoms with Crippen LogP contribution in [-0.2, 0) is 0 Å². The second-order valence-corrected chi connectivity index (χ2v) is 3.92. The van der Waals surface area contributed by atoms with Crippen LogP contribution >= 0.6 is 24.0 Å². The Balaban J connectivity index is 0. The van der Waals surface area contributed by atoms with Crippen LogP contribution in [0.25, 0.3) is 0 Å². The summed E-state index contributed by atoms with van der Waals surface area (Å²) in [5.74, 6) is 3.18. The van der Waals surface area contributed by atoms with Crippen LogP contribution in [0, 0.1) is 12.3 Å². The lowest BCUT2D eigenvalue weighted by Crippen LogP contribution is -2.32. The Hall–Kier alpha value is -0.440. The summed E-state index contributed by atoms with van der Waals surface area (Å²) in [5.41, 5.74) is 5.70. The third-order valence-corrected chi connectivity index (χ3v) is 2.35. The number of halogens is 1. The summed E-state index contributed by atoms with van der Waals surface area (Å²) in [6, 6.07) is 0. The van der Waals surface area contributed by atoms with Crippen LogP contribution in [0.15, 0.2) is 4.99 Å². The van der Waals surface area contributed by atoms with Crippen molar-refractivity contribution >= 4 is 29.9 Å². The molecule has 0 spiro atoms. The van der Waals surface area contributed by atoms with Gasteiger partial charge < -0.3 is 11.1 Å². The minimum absolute atomic E-state index is 0. The van der Waals surface area contributed by atoms with E-state index in [0.29, 0.717) is 5.96 Å². The van der Waals surface area contributed by atoms with Gasteiger partial charge in [0.25, 0.3) is 0 Å². The molecule has 0 saturated carbocycles. The molecule has 0 bridgehead atoms. The number of guanidine groups is 1. The Morgan fingerprint density at radius 1 is 1.24 bits per heavy atom. The van der Waals surface area contributed by atoms with E-state index in [1.807, 2.05) is 0 Å². The first-order valence-corrected chi connectivity index (χ1v) is 6.28. The van der Waals surface area contributed by atoms with Gasteiger partial charge in [0, 0.05) is 19.5 Å². The number of nitrogens with zero attached hydrogens (tertiary/aromatic N) is 1. The lowest BCUT2D eigenvalue weighted by atomic mass is 10.2. The van der Waals surface area contributed by atoms with Crippen LogP contribution in [0.1, 0.15) is 51.9 Å². The predicted molar refractivity (Wildman–Crippen MR) is 86.7 cm³/mol. The normalized spacial score (nSPS) is 10.5. The van der Waals surface area contributed by atoms with E-state index in [2.05, 4.69) is 23.2 Å². The molecule has 3 nitrogen and oxygen atoms in total. The first kappa shape index (κ1) is 18.9. The molecule has 0 amide bonds. The van der Waals surface area contributed by atoms with E-state index in [1.54, 1.807) is 0 Å². The highest BCUT2D eigenvalue weighted by molar-refractivity contribution is 14.0. The molecule has 0 aromatic carbocycles. The number of hydrogen-bond donors (Lipinski definition) is 2. The second kappa shape index (κ2) is 15.6. The van der Waals surface area contributed by atoms with Gasteiger partial charge in [-0.1, -0.05) is 26.2 Å². The van der Waals surface area contributed by atoms with Gasteiger partial charge in [-0.3, -0.25) is 4.99 Å². The Kier molecular flexibility index (Phi) is 17.3. The SMILES string of the molecule is C#CCCCCN=C(N)NCCCCCC.I. The number of rotatable bonds is 9. The van der Waals surface area contributed by atoms with Crippen molar-refractivity contribution < 1.29 is 0 Å². The first-order valence-electron chi connectivity index (χ1n) is 6.28. The number of aliphatic imine (C=N–C) groups is 1. The highest BCUT2D eigenvalue weighted by Gasteiger charge is 1.91. The number of hydrogen-bond acceptors (Lipinski definition) is 1. The van der Waals surface area contributed by atoms with Crippen molar-refractivity contribution in [3.05, 3.63) is 0 Å². The lowest BCUT2D eigenvalue weighted by molar-refractivity contribution is 0.651. The number of nitrogens with two attached hydrogens (primary N) is 1. The smallest absolute Gasteiger partial charge is 0.188 e. The molecule has 0 atom stereocenters. The van der Waals surface area contributed by atoms with Gasteiger partial charge in [-0.15, -0.1) is 36.3 Å². The van der Waals surface area contributed by atoms with Gasteiger partial charge in [0.2, 0.25) is 0 Å². The van der Waals surface area contributed by atoms with Crippen LogP contribution in [0.4, 0.5) is 0 Å². The molecule has 0 rings (SSSR count). The average Bonchev–Trinajstić information content (AvgIpc) is 2.28. The van der Waals surface area contributed by atoms with E-state index < -0.39 is 0 Å². The van der Waals surface area contributed by atoms with E-state index in [0.717, 1.165) is 32.4 Å². The van der Waals surface area contributed by atoms with Crippen molar-refractivity contribution in [1.29, 1.82) is 0 Å². The van der Waals surface area contributed by atoms with Gasteiger partial charge in [-0.05, 0) is 19.3 Å². The van der Waals surface area contributed by atoms with Crippen LogP contribution in [0.5, 0.6) is 0 Å². The highest BCUT2D eigenvalue weighted by atomic mass is 127. The molecule has 0 fully saturated rings. The van der Waals surface area contributed by atoms with Gasteiger partial charge in [0.15, 0.2) is 5.96 Å². The van der Waals surface area contributed by atoms with Gasteiger partial charge in [0.1, 0.15) is 0 Å². The first-order chi connectivity index (χ1) is 7.81. The van der Waals surface area contributed by atoms with Gasteiger partial charge in [-0.2, -0.15) is 0 Å². The van der Waals surface area contributed by atoms with Gasteiger partial charge in [-0.25, -0.2) is 0 Å². The Morgan fingerprint density at radius 3 is 2.65 bits per heavy atom. The number of unbranched alkanes of at least 4 members (excludes halogenated alkanes) is 5. The van der Waals surface area contributed by atoms with Crippen LogP contribution in [-0.4, -0.2) is 19.0 Å². The third kappa shape index (κ3) is 15.6. The fourth-order valence-electron chi connectivity index (χ4n) is 1.36. The summed E-state index contributed by atoms with van der Waals surface area (Å²) in [5, 5.41) is 3.12. The molecule has 0 aliphatic heterocycles. The third-order valence-electron chi connectivity index (χ3n) is 2.35. The van der Waals surface area contributed by atoms with E-state index in [4.69, 9.17) is 12.2 Å². The molecule has 0 saturated heterocycles. The molecule has 100 valence electrons. The molecule has 0 heterocycles. The molecule has 0 aromatic rings. The lowest BCUT2D eigenvalue weighted by Gasteiger charge is -2.04. The zero-order chi connectivity index (χ0) is 12.1. The van der Waals surface area contributed by atoms with Crippen molar-refractivity contribution in [2.75, 3.05) is 13.1 Å². The second-order valence-electron chi connectivity index (χ2n) is 3.92. The highest BCUT2D eigenvalue weighted by Crippen LogP contribution is 1.97. The van der Waals surface area contributed by atoms with E-state index in [9.17, 15) is 0 Å². The van der Waals surface area contributed by atoms with Crippen LogP contribution in [0.3, 0.4) is 0 Å². The Bertz CT molecular complexity index is 221. The van der Waals surface area contributed by atoms with E-state index >= 15 is 0 Å². The fourth-order valence-corrected chi connectivity index (χ4v) is 1.36. The monoisotopic (exact) mass is 351 g/mol. The zero-order valence-electron chi connectivity index (χ0n) is 10.9. The largest absolute Gasteiger partial charge is 0.370 e. The Morgan fingerprint density at radius 2 is 2.00 bits per heavy atom. The maximum Gasteiger partial charge on any atom is 0.188 e. The fraction of sp³-hybridized carbons (Fsp3) is 0.769. The van der Waals surface area contributed by atoms with Crippen LogP contribution < -0.4 is 11.1 Å². The van der Waals surface area contributed by atoms with Crippen molar-refractivity contribution in [3.63, 3.8) is 0 Å². The molecule has 17 heavy (non-hydrogen) atoms. The van der Waals surface area contributed by atoms with E-state index in [1.165, 1.54) is 25.7 Å². The average molecular weight is 351 g/mol. The minimum Gasteiger partial charge on any atom is -0.370 e. The minimum atomic E-state index is 0. The van der Waals surface area contributed by atoms with Crippen molar-refractivity contribution in [2.24, 2.45) is 10.7 Å². The van der Waals surface area contributed by atoms with Crippen molar-refractivity contribution in [2.45, 2.75) is 51.9 Å². The van der Waals surface area contributed by atoms with Crippen molar-refractivity contribution in [1.82, 2.24) is 5.32 Å². The number of terminal acetylenes is 1. The summed E-state index contributed by atoms with van der Waals surface area (Å²) in [7, 11) is 0. The number of nitrogens with one attached hydrogen (secondary N) is 1. The summed E-state index contributed by atoms with van der Waals surface area (Å²) in [6.45, 7) is 3.91. The topological polar surface area (TPSA) is 50.4 Å². The maximum absolute atomic E-state index is 5.70. The van der Waals surface area contributed by atoms with E-state index in [-0.39, 0.29) is 24.0 Å². The summed E-state index contributed by atoms with van der Waals surface area (Å²) >= 11 is 0. The molecular formula is C13H26IN3. The molecule has 3 N–H and O–H groups in total. The summed E-state index contributed by atoms with van der Waals surface area (Å²) < 4.78 is 0. The standard InChI is InChI=1S/C13H25N3.HI/c1-3-5-7-9-11-15-13(14)16-12-10-8-6-4-2;/h1H,4-12H2,2H3,(H3,14,15,16);1H. The molecule has 0 aromatic heterocycles. The predicted octanol–water partition coefficient (Wildman–Crippen LogP) is 2.89. The van der Waals surface area contributed by atoms with Crippen molar-refractivity contribution in [3.8, 4) is 12.3 Å². The Labute approximate surface area is 123 Å². The molecule has 0 radical (unpaired) electrons. The molecular weight excluding hydrogens is 325 g/mol. The summed E-state index contributed by atoms with van der Waals surface area (Å²) in [4.78, 5) is 4.23. The van der Waals surface area contributed by atoms with Gasteiger partial charge in [0.05, 0.1) is 0 Å². The maximum atomic E-state index is 5.70. The molecule has 0 aliphatic rings. The molecule has 0 aliphatic carbocycles. The molecule has 4 heteroatoms. The van der Waals surface area contributed by atoms with Gasteiger partial charge >= 0.3 is 0 Å².